The maximum absolute atomic E-state index is 12.7. The molecule has 0 radical (unpaired) electrons. The van der Waals surface area contributed by atoms with E-state index in [1.54, 1.807) is 0 Å². The Labute approximate surface area is 203 Å². The predicted molar refractivity (Wildman–Crippen MR) is 136 cm³/mol. The van der Waals surface area contributed by atoms with E-state index < -0.39 is 0 Å². The minimum Gasteiger partial charge on any atom is -0.393 e. The maximum Gasteiger partial charge on any atom is 0.224 e. The van der Waals surface area contributed by atoms with Crippen molar-refractivity contribution < 1.29 is 9.90 Å². The van der Waals surface area contributed by atoms with Crippen molar-refractivity contribution in [1.82, 2.24) is 15.0 Å². The molecular formula is C27H39N5O2. The zero-order chi connectivity index (χ0) is 23.8. The number of carbonyl (C=O) groups excluding carboxylic acids is 1. The molecule has 2 aromatic rings. The first-order chi connectivity index (χ1) is 16.6. The molecule has 0 spiro atoms. The molecule has 2 fully saturated rings. The lowest BCUT2D eigenvalue weighted by Crippen LogP contribution is -2.29. The number of hydrogen-bond donors (Lipinski definition) is 3. The number of hydrogen-bond acceptors (Lipinski definition) is 7. The summed E-state index contributed by atoms with van der Waals surface area (Å²) in [4.78, 5) is 26.7. The normalized spacial score (nSPS) is 21.2. The van der Waals surface area contributed by atoms with Gasteiger partial charge >= 0.3 is 0 Å². The molecule has 2 heterocycles. The number of carbonyl (C=O) groups is 1. The van der Waals surface area contributed by atoms with Gasteiger partial charge in [0.1, 0.15) is 11.6 Å². The van der Waals surface area contributed by atoms with Crippen molar-refractivity contribution >= 4 is 17.5 Å². The van der Waals surface area contributed by atoms with Crippen LogP contribution in [-0.2, 0) is 11.2 Å². The van der Waals surface area contributed by atoms with Gasteiger partial charge in [0, 0.05) is 37.3 Å². The Morgan fingerprint density at radius 2 is 1.82 bits per heavy atom. The average Bonchev–Trinajstić information content (AvgIpc) is 2.87. The van der Waals surface area contributed by atoms with Crippen molar-refractivity contribution in [3.05, 3.63) is 30.1 Å². The van der Waals surface area contributed by atoms with Crippen LogP contribution in [0.1, 0.15) is 83.1 Å². The van der Waals surface area contributed by atoms with Crippen molar-refractivity contribution in [2.24, 2.45) is 5.92 Å². The van der Waals surface area contributed by atoms with Gasteiger partial charge in [0.25, 0.3) is 0 Å². The second-order valence-electron chi connectivity index (χ2n) is 9.92. The Kier molecular flexibility index (Phi) is 8.85. The third-order valence-corrected chi connectivity index (χ3v) is 7.18. The van der Waals surface area contributed by atoms with E-state index in [0.717, 1.165) is 80.6 Å². The number of nitrogens with zero attached hydrogens (tertiary/aromatic N) is 3. The number of aromatic nitrogens is 3. The average molecular weight is 466 g/mol. The van der Waals surface area contributed by atoms with Crippen LogP contribution in [0.2, 0.25) is 0 Å². The lowest BCUT2D eigenvalue weighted by atomic mass is 9.84. The molecule has 7 nitrogen and oxygen atoms in total. The molecule has 184 valence electrons. The Balaban J connectivity index is 1.48. The van der Waals surface area contributed by atoms with E-state index in [9.17, 15) is 9.90 Å². The number of rotatable bonds is 10. The molecule has 3 N–H and O–H groups in total. The summed E-state index contributed by atoms with van der Waals surface area (Å²) >= 11 is 0. The summed E-state index contributed by atoms with van der Waals surface area (Å²) in [6.07, 6.45) is 15.2. The maximum atomic E-state index is 12.7. The number of pyridine rings is 1. The van der Waals surface area contributed by atoms with E-state index >= 15 is 0 Å². The summed E-state index contributed by atoms with van der Waals surface area (Å²) in [6.45, 7) is 3.00. The number of nitrogens with one attached hydrogen (secondary N) is 2. The first-order valence-corrected chi connectivity index (χ1v) is 13.2. The number of anilines is 2. The monoisotopic (exact) mass is 465 g/mol. The van der Waals surface area contributed by atoms with Gasteiger partial charge < -0.3 is 15.7 Å². The molecule has 0 amide bonds. The van der Waals surface area contributed by atoms with E-state index in [1.807, 2.05) is 24.5 Å². The highest BCUT2D eigenvalue weighted by atomic mass is 16.3. The quantitative estimate of drug-likeness (QED) is 0.417. The Morgan fingerprint density at radius 1 is 1.03 bits per heavy atom. The van der Waals surface area contributed by atoms with Crippen LogP contribution in [-0.4, -0.2) is 44.5 Å². The molecule has 2 aliphatic carbocycles. The lowest BCUT2D eigenvalue weighted by Gasteiger charge is -2.27. The molecule has 34 heavy (non-hydrogen) atoms. The molecule has 2 aromatic heterocycles. The largest absolute Gasteiger partial charge is 0.393 e. The second kappa shape index (κ2) is 12.2. The SMILES string of the molecule is CCCCNc1ncc(-c2ccc(CC(=O)C3CCCCC3)cn2)c(NC2CCC(O)CC2)n1. The summed E-state index contributed by atoms with van der Waals surface area (Å²) in [7, 11) is 0. The molecule has 0 unspecified atom stereocenters. The standard InChI is InChI=1S/C27H39N5O2/c1-2-3-15-28-27-30-18-23(26(32-27)31-21-10-12-22(33)13-11-21)24-14-9-19(17-29-24)16-25(34)20-7-5-4-6-8-20/h9,14,17-18,20-22,33H,2-8,10-13,15-16H2,1H3,(H2,28,30,31,32). The first-order valence-electron chi connectivity index (χ1n) is 13.2. The van der Waals surface area contributed by atoms with Crippen LogP contribution >= 0.6 is 0 Å². The van der Waals surface area contributed by atoms with Gasteiger partial charge in [-0.2, -0.15) is 4.98 Å². The van der Waals surface area contributed by atoms with Crippen molar-refractivity contribution in [2.75, 3.05) is 17.2 Å². The summed E-state index contributed by atoms with van der Waals surface area (Å²) in [5.74, 6) is 1.96. The highest BCUT2D eigenvalue weighted by Gasteiger charge is 2.23. The molecule has 7 heteroatoms. The number of unbranched alkanes of at least 4 members (excludes halogenated alkanes) is 1. The molecule has 0 aliphatic heterocycles. The molecular weight excluding hydrogens is 426 g/mol. The molecule has 0 aromatic carbocycles. The first kappa shape index (κ1) is 24.6. The zero-order valence-corrected chi connectivity index (χ0v) is 20.4. The minimum absolute atomic E-state index is 0.195. The zero-order valence-electron chi connectivity index (χ0n) is 20.4. The van der Waals surface area contributed by atoms with Gasteiger partial charge in [-0.3, -0.25) is 9.78 Å². The van der Waals surface area contributed by atoms with Gasteiger partial charge in [0.15, 0.2) is 0 Å². The number of aliphatic hydroxyl groups is 1. The van der Waals surface area contributed by atoms with E-state index in [1.165, 1.54) is 19.3 Å². The number of aliphatic hydroxyl groups excluding tert-OH is 1. The van der Waals surface area contributed by atoms with Crippen molar-refractivity contribution in [2.45, 2.75) is 96.1 Å². The van der Waals surface area contributed by atoms with E-state index in [-0.39, 0.29) is 18.1 Å². The van der Waals surface area contributed by atoms with Gasteiger partial charge in [0.05, 0.1) is 17.4 Å². The highest BCUT2D eigenvalue weighted by Crippen LogP contribution is 2.30. The van der Waals surface area contributed by atoms with Crippen molar-refractivity contribution in [3.8, 4) is 11.3 Å². The molecule has 2 aliphatic rings. The van der Waals surface area contributed by atoms with Crippen LogP contribution in [0.4, 0.5) is 11.8 Å². The molecule has 0 saturated heterocycles. The Hall–Kier alpha value is -2.54. The molecule has 4 rings (SSSR count). The summed E-state index contributed by atoms with van der Waals surface area (Å²) < 4.78 is 0. The fourth-order valence-corrected chi connectivity index (χ4v) is 5.01. The van der Waals surface area contributed by atoms with Crippen LogP contribution in [0.15, 0.2) is 24.5 Å². The van der Waals surface area contributed by atoms with Gasteiger partial charge in [-0.15, -0.1) is 0 Å². The van der Waals surface area contributed by atoms with Crippen LogP contribution < -0.4 is 10.6 Å². The minimum atomic E-state index is -0.195. The van der Waals surface area contributed by atoms with Gasteiger partial charge in [-0.05, 0) is 56.6 Å². The predicted octanol–water partition coefficient (Wildman–Crippen LogP) is 5.16. The van der Waals surface area contributed by atoms with Gasteiger partial charge in [-0.25, -0.2) is 4.98 Å². The summed E-state index contributed by atoms with van der Waals surface area (Å²) in [5.41, 5.74) is 2.62. The van der Waals surface area contributed by atoms with Gasteiger partial charge in [0.2, 0.25) is 5.95 Å². The molecule has 0 bridgehead atoms. The third kappa shape index (κ3) is 6.75. The van der Waals surface area contributed by atoms with Gasteiger partial charge in [-0.1, -0.05) is 38.7 Å². The van der Waals surface area contributed by atoms with Crippen molar-refractivity contribution in [3.63, 3.8) is 0 Å². The smallest absolute Gasteiger partial charge is 0.224 e. The summed E-state index contributed by atoms with van der Waals surface area (Å²) in [5, 5.41) is 16.8. The van der Waals surface area contributed by atoms with Crippen LogP contribution in [0.3, 0.4) is 0 Å². The van der Waals surface area contributed by atoms with Crippen LogP contribution in [0, 0.1) is 5.92 Å². The number of ketones is 1. The van der Waals surface area contributed by atoms with Crippen LogP contribution in [0.25, 0.3) is 11.3 Å². The Morgan fingerprint density at radius 3 is 2.53 bits per heavy atom. The number of Topliss-reactive ketones (excluding diaryl/α,β-unsaturated/α-hetero) is 1. The summed E-state index contributed by atoms with van der Waals surface area (Å²) in [6, 6.07) is 4.26. The van der Waals surface area contributed by atoms with E-state index in [4.69, 9.17) is 4.98 Å². The second-order valence-corrected chi connectivity index (χ2v) is 9.92. The lowest BCUT2D eigenvalue weighted by molar-refractivity contribution is -0.123. The van der Waals surface area contributed by atoms with Crippen LogP contribution in [0.5, 0.6) is 0 Å². The van der Waals surface area contributed by atoms with E-state index in [0.29, 0.717) is 18.2 Å². The fraction of sp³-hybridized carbons (Fsp3) is 0.630. The molecule has 2 saturated carbocycles. The Bertz CT molecular complexity index is 919. The van der Waals surface area contributed by atoms with Crippen molar-refractivity contribution in [1.29, 1.82) is 0 Å². The fourth-order valence-electron chi connectivity index (χ4n) is 5.01. The topological polar surface area (TPSA) is 100 Å². The highest BCUT2D eigenvalue weighted by molar-refractivity contribution is 5.83. The molecule has 0 atom stereocenters. The third-order valence-electron chi connectivity index (χ3n) is 7.18. The van der Waals surface area contributed by atoms with E-state index in [2.05, 4.69) is 27.5 Å².